The van der Waals surface area contributed by atoms with Crippen molar-refractivity contribution in [2.24, 2.45) is 4.99 Å². The first-order valence-corrected chi connectivity index (χ1v) is 13.5. The average molecular weight is 580 g/mol. The Morgan fingerprint density at radius 2 is 1.83 bits per heavy atom. The molecule has 1 aliphatic heterocycles. The number of carbonyl (C=O) groups excluding carboxylic acids is 2. The minimum Gasteiger partial charge on any atom is -0.306 e. The van der Waals surface area contributed by atoms with E-state index in [4.69, 9.17) is 0 Å². The fraction of sp³-hybridized carbons (Fsp3) is 0.214. The van der Waals surface area contributed by atoms with E-state index in [1.54, 1.807) is 24.3 Å². The second kappa shape index (κ2) is 11.2. The van der Waals surface area contributed by atoms with E-state index >= 15 is 0 Å². The second-order valence-corrected chi connectivity index (χ2v) is 10.5. The van der Waals surface area contributed by atoms with Crippen LogP contribution in [0.3, 0.4) is 0 Å². The molecule has 3 amide bonds. The van der Waals surface area contributed by atoms with E-state index in [1.165, 1.54) is 33.7 Å². The van der Waals surface area contributed by atoms with Crippen molar-refractivity contribution >= 4 is 40.2 Å². The molecule has 3 heterocycles. The van der Waals surface area contributed by atoms with Crippen LogP contribution in [0.4, 0.5) is 29.3 Å². The summed E-state index contributed by atoms with van der Waals surface area (Å²) in [6.07, 6.45) is -2.39. The lowest BCUT2D eigenvalue weighted by Gasteiger charge is -2.22. The van der Waals surface area contributed by atoms with E-state index in [0.29, 0.717) is 22.2 Å². The van der Waals surface area contributed by atoms with Crippen LogP contribution in [-0.4, -0.2) is 42.6 Å². The number of nitrogens with one attached hydrogen (secondary N) is 1. The fourth-order valence-electron chi connectivity index (χ4n) is 4.15. The highest BCUT2D eigenvalue weighted by Gasteiger charge is 2.33. The zero-order valence-electron chi connectivity index (χ0n) is 22.2. The predicted octanol–water partition coefficient (Wildman–Crippen LogP) is 6.45. The maximum Gasteiger partial charge on any atom is 0.417 e. The van der Waals surface area contributed by atoms with Gasteiger partial charge in [0.15, 0.2) is 16.8 Å². The van der Waals surface area contributed by atoms with E-state index in [9.17, 15) is 22.8 Å². The summed E-state index contributed by atoms with van der Waals surface area (Å²) in [5.74, 6) is 0.721. The highest BCUT2D eigenvalue weighted by atomic mass is 32.2. The number of carbonyl (C=O) groups is 2. The highest BCUT2D eigenvalue weighted by molar-refractivity contribution is 8.15. The Balaban J connectivity index is 1.29. The van der Waals surface area contributed by atoms with Crippen molar-refractivity contribution in [3.8, 4) is 17.2 Å². The molecule has 1 N–H and O–H groups in total. The Labute approximate surface area is 237 Å². The number of hydrogen-bond acceptors (Lipinski definition) is 6. The summed E-state index contributed by atoms with van der Waals surface area (Å²) < 4.78 is 39.6. The van der Waals surface area contributed by atoms with Gasteiger partial charge in [0.05, 0.1) is 17.0 Å². The molecule has 1 saturated heterocycles. The third kappa shape index (κ3) is 6.14. The number of benzene rings is 2. The van der Waals surface area contributed by atoms with Gasteiger partial charge >= 0.3 is 12.2 Å². The molecule has 2 aromatic carbocycles. The molecule has 1 aliphatic rings. The summed E-state index contributed by atoms with van der Waals surface area (Å²) in [5, 5.41) is 7.30. The minimum absolute atomic E-state index is 0.142. The van der Waals surface area contributed by atoms with Crippen LogP contribution in [0.25, 0.3) is 17.2 Å². The van der Waals surface area contributed by atoms with Crippen LogP contribution in [0.15, 0.2) is 72.1 Å². The molecule has 9 nitrogen and oxygen atoms in total. The molecule has 2 aromatic heterocycles. The Morgan fingerprint density at radius 1 is 1.07 bits per heavy atom. The van der Waals surface area contributed by atoms with Crippen LogP contribution in [0.2, 0.25) is 0 Å². The predicted molar refractivity (Wildman–Crippen MR) is 151 cm³/mol. The number of aliphatic imine (C=N–C) groups is 1. The summed E-state index contributed by atoms with van der Waals surface area (Å²) in [6, 6.07) is 14.1. The number of thioether (sulfide) groups is 1. The summed E-state index contributed by atoms with van der Waals surface area (Å²) in [6.45, 7) is 6.03. The van der Waals surface area contributed by atoms with Crippen molar-refractivity contribution in [3.63, 3.8) is 0 Å². The first kappa shape index (κ1) is 28.0. The molecule has 5 rings (SSSR count). The Hall–Kier alpha value is -4.52. The number of amides is 3. The average Bonchev–Trinajstić information content (AvgIpc) is 3.55. The summed E-state index contributed by atoms with van der Waals surface area (Å²) >= 11 is 1.21. The fourth-order valence-corrected chi connectivity index (χ4v) is 5.01. The lowest BCUT2D eigenvalue weighted by molar-refractivity contribution is -0.137. The van der Waals surface area contributed by atoms with Gasteiger partial charge in [0.2, 0.25) is 5.91 Å². The molecule has 0 spiro atoms. The van der Waals surface area contributed by atoms with E-state index in [2.05, 4.69) is 25.4 Å². The number of hydrogen-bond donors (Lipinski definition) is 1. The second-order valence-electron chi connectivity index (χ2n) is 9.55. The SMILES string of the molecule is Cc1ccc(C(C)C)c(N2C(=O)CSC2=NC(=O)Nc2ccc(-c3ncn(-c4ccc(C(F)(F)F)cn4)n3)cc2)c1. The third-order valence-electron chi connectivity index (χ3n) is 6.21. The minimum atomic E-state index is -4.48. The molecule has 0 unspecified atom stereocenters. The van der Waals surface area contributed by atoms with Crippen LogP contribution in [0.5, 0.6) is 0 Å². The topological polar surface area (TPSA) is 105 Å². The number of halogens is 3. The van der Waals surface area contributed by atoms with Crippen molar-refractivity contribution in [1.82, 2.24) is 19.7 Å². The molecule has 4 aromatic rings. The Morgan fingerprint density at radius 3 is 2.49 bits per heavy atom. The molecule has 0 bridgehead atoms. The van der Waals surface area contributed by atoms with E-state index in [-0.39, 0.29) is 23.4 Å². The van der Waals surface area contributed by atoms with E-state index in [0.717, 1.165) is 29.1 Å². The molecule has 13 heteroatoms. The van der Waals surface area contributed by atoms with Gasteiger partial charge in [-0.1, -0.05) is 37.7 Å². The van der Waals surface area contributed by atoms with Crippen molar-refractivity contribution in [1.29, 1.82) is 0 Å². The number of rotatable bonds is 5. The Kier molecular flexibility index (Phi) is 7.63. The van der Waals surface area contributed by atoms with Crippen molar-refractivity contribution in [2.75, 3.05) is 16.0 Å². The number of aryl methyl sites for hydroxylation is 1. The van der Waals surface area contributed by atoms with Crippen LogP contribution in [0, 0.1) is 6.92 Å². The van der Waals surface area contributed by atoms with Gasteiger partial charge in [-0.3, -0.25) is 9.69 Å². The molecular formula is C28H24F3N7O2S. The van der Waals surface area contributed by atoms with Crippen molar-refractivity contribution in [3.05, 3.63) is 83.8 Å². The maximum atomic E-state index is 12.8. The van der Waals surface area contributed by atoms with Gasteiger partial charge < -0.3 is 5.32 Å². The standard InChI is InChI=1S/C28H24F3N7O2S/c1-16(2)21-10-4-17(3)12-22(21)38-24(39)14-41-27(38)35-26(40)34-20-8-5-18(6-9-20)25-33-15-37(36-25)23-11-7-19(13-32-23)28(29,30)31/h4-13,15-16H,14H2,1-3H3,(H,34,40). The number of anilines is 2. The number of pyridine rings is 1. The first-order valence-electron chi connectivity index (χ1n) is 12.5. The quantitative estimate of drug-likeness (QED) is 0.291. The van der Waals surface area contributed by atoms with Gasteiger partial charge in [-0.25, -0.2) is 19.4 Å². The normalized spacial score (nSPS) is 14.8. The molecule has 0 aliphatic carbocycles. The van der Waals surface area contributed by atoms with Gasteiger partial charge in [-0.05, 0) is 66.4 Å². The van der Waals surface area contributed by atoms with Crippen molar-refractivity contribution < 1.29 is 22.8 Å². The Bertz CT molecular complexity index is 1630. The highest BCUT2D eigenvalue weighted by Crippen LogP contribution is 2.34. The van der Waals surface area contributed by atoms with E-state index < -0.39 is 17.8 Å². The number of amidine groups is 1. The maximum absolute atomic E-state index is 12.8. The van der Waals surface area contributed by atoms with Gasteiger partial charge in [0.1, 0.15) is 6.33 Å². The van der Waals surface area contributed by atoms with Gasteiger partial charge in [0.25, 0.3) is 0 Å². The molecular weight excluding hydrogens is 555 g/mol. The molecule has 210 valence electrons. The molecule has 0 atom stereocenters. The summed E-state index contributed by atoms with van der Waals surface area (Å²) in [4.78, 5) is 39.2. The lowest BCUT2D eigenvalue weighted by Crippen LogP contribution is -2.31. The first-order chi connectivity index (χ1) is 19.5. The summed E-state index contributed by atoms with van der Waals surface area (Å²) in [7, 11) is 0. The number of urea groups is 1. The van der Waals surface area contributed by atoms with Gasteiger partial charge in [-0.2, -0.15) is 18.2 Å². The molecule has 1 fully saturated rings. The molecule has 0 saturated carbocycles. The molecule has 41 heavy (non-hydrogen) atoms. The van der Waals surface area contributed by atoms with Crippen molar-refractivity contribution in [2.45, 2.75) is 32.9 Å². The summed E-state index contributed by atoms with van der Waals surface area (Å²) in [5.41, 5.74) is 2.93. The third-order valence-corrected chi connectivity index (χ3v) is 7.13. The largest absolute Gasteiger partial charge is 0.417 e. The zero-order valence-corrected chi connectivity index (χ0v) is 23.0. The zero-order chi connectivity index (χ0) is 29.3. The number of aromatic nitrogens is 4. The number of alkyl halides is 3. The van der Waals surface area contributed by atoms with Crippen LogP contribution < -0.4 is 10.2 Å². The van der Waals surface area contributed by atoms with Crippen LogP contribution >= 0.6 is 11.8 Å². The van der Waals surface area contributed by atoms with E-state index in [1.807, 2.05) is 39.0 Å². The smallest absolute Gasteiger partial charge is 0.306 e. The number of nitrogens with zero attached hydrogens (tertiary/aromatic N) is 6. The van der Waals surface area contributed by atoms with Crippen LogP contribution in [-0.2, 0) is 11.0 Å². The molecule has 0 radical (unpaired) electrons. The van der Waals surface area contributed by atoms with Gasteiger partial charge in [0, 0.05) is 17.4 Å². The lowest BCUT2D eigenvalue weighted by atomic mass is 9.99. The van der Waals surface area contributed by atoms with Crippen LogP contribution in [0.1, 0.15) is 36.5 Å². The monoisotopic (exact) mass is 579 g/mol. The van der Waals surface area contributed by atoms with Gasteiger partial charge in [-0.15, -0.1) is 5.10 Å².